The fourth-order valence-electron chi connectivity index (χ4n) is 2.90. The number of aryl methyl sites for hydroxylation is 3. The Hall–Kier alpha value is -1.81. The highest BCUT2D eigenvalue weighted by molar-refractivity contribution is 5.41. The Bertz CT molecular complexity index is 599. The maximum Gasteiger partial charge on any atom is 0.138 e. The highest BCUT2D eigenvalue weighted by Crippen LogP contribution is 2.34. The lowest BCUT2D eigenvalue weighted by Crippen LogP contribution is -2.19. The van der Waals surface area contributed by atoms with E-state index in [1.54, 1.807) is 7.11 Å². The average molecular weight is 272 g/mol. The molecule has 0 radical (unpaired) electrons. The van der Waals surface area contributed by atoms with Crippen LogP contribution in [-0.2, 0) is 13.0 Å². The molecular weight excluding hydrogens is 252 g/mol. The van der Waals surface area contributed by atoms with E-state index in [9.17, 15) is 0 Å². The predicted molar refractivity (Wildman–Crippen MR) is 76.9 cm³/mol. The fraction of sp³-hybridized carbons (Fsp3) is 0.438. The lowest BCUT2D eigenvalue weighted by molar-refractivity contribution is 0.391. The smallest absolute Gasteiger partial charge is 0.138 e. The lowest BCUT2D eigenvalue weighted by atomic mass is 10.1. The monoisotopic (exact) mass is 272 g/mol. The summed E-state index contributed by atoms with van der Waals surface area (Å²) in [6.07, 6.45) is 2.25. The van der Waals surface area contributed by atoms with Crippen molar-refractivity contribution in [2.45, 2.75) is 39.3 Å². The van der Waals surface area contributed by atoms with Crippen LogP contribution >= 0.6 is 0 Å². The number of nitrogens with zero attached hydrogens (tertiary/aromatic N) is 1. The van der Waals surface area contributed by atoms with Gasteiger partial charge in [0.15, 0.2) is 0 Å². The molecule has 0 fully saturated rings. The molecule has 1 atom stereocenters. The molecular formula is C16H20N2O2. The highest BCUT2D eigenvalue weighted by Gasteiger charge is 2.23. The fourth-order valence-corrected chi connectivity index (χ4v) is 2.90. The summed E-state index contributed by atoms with van der Waals surface area (Å²) in [6.45, 7) is 4.74. The Labute approximate surface area is 119 Å². The molecule has 0 saturated carbocycles. The lowest BCUT2D eigenvalue weighted by Gasteiger charge is -2.14. The number of hydrogen-bond donors (Lipinski definition) is 1. The van der Waals surface area contributed by atoms with Crippen molar-refractivity contribution in [2.75, 3.05) is 7.11 Å². The predicted octanol–water partition coefficient (Wildman–Crippen LogP) is 3.08. The molecule has 1 heterocycles. The topological polar surface area (TPSA) is 47.3 Å². The van der Waals surface area contributed by atoms with Crippen molar-refractivity contribution in [3.63, 3.8) is 0 Å². The van der Waals surface area contributed by atoms with Gasteiger partial charge in [-0.05, 0) is 49.9 Å². The van der Waals surface area contributed by atoms with Crippen LogP contribution in [0.2, 0.25) is 0 Å². The summed E-state index contributed by atoms with van der Waals surface area (Å²) in [6, 6.07) is 6.74. The number of ether oxygens (including phenoxy) is 1. The van der Waals surface area contributed by atoms with Crippen LogP contribution in [0.4, 0.5) is 0 Å². The number of aromatic nitrogens is 1. The number of fused-ring (bicyclic) bond motifs is 1. The largest absolute Gasteiger partial charge is 0.497 e. The van der Waals surface area contributed by atoms with Crippen molar-refractivity contribution < 1.29 is 9.26 Å². The van der Waals surface area contributed by atoms with Crippen molar-refractivity contribution in [3.8, 4) is 5.75 Å². The van der Waals surface area contributed by atoms with Gasteiger partial charge in [0.1, 0.15) is 11.5 Å². The van der Waals surface area contributed by atoms with E-state index in [1.807, 2.05) is 19.9 Å². The van der Waals surface area contributed by atoms with Gasteiger partial charge in [-0.25, -0.2) is 0 Å². The van der Waals surface area contributed by atoms with Crippen molar-refractivity contribution >= 4 is 0 Å². The molecule has 3 rings (SSSR count). The molecule has 4 nitrogen and oxygen atoms in total. The van der Waals surface area contributed by atoms with Crippen LogP contribution in [-0.4, -0.2) is 12.3 Å². The zero-order chi connectivity index (χ0) is 14.1. The van der Waals surface area contributed by atoms with E-state index in [0.717, 1.165) is 36.6 Å². The summed E-state index contributed by atoms with van der Waals surface area (Å²) in [7, 11) is 1.71. The standard InChI is InChI=1S/C16H20N2O2/c1-10-15(11(2)20-18-10)9-17-16-7-5-12-4-6-13(19-3)8-14(12)16/h4,6,8,16-17H,5,7,9H2,1-3H3. The second kappa shape index (κ2) is 5.29. The van der Waals surface area contributed by atoms with Crippen LogP contribution < -0.4 is 10.1 Å². The van der Waals surface area contributed by atoms with E-state index in [4.69, 9.17) is 9.26 Å². The Morgan fingerprint density at radius 3 is 2.95 bits per heavy atom. The number of benzene rings is 1. The first kappa shape index (κ1) is 13.2. The molecule has 0 saturated heterocycles. The average Bonchev–Trinajstić information content (AvgIpc) is 3.00. The van der Waals surface area contributed by atoms with Crippen molar-refractivity contribution in [2.24, 2.45) is 0 Å². The van der Waals surface area contributed by atoms with Gasteiger partial charge in [-0.1, -0.05) is 11.2 Å². The van der Waals surface area contributed by atoms with E-state index in [2.05, 4.69) is 22.6 Å². The maximum absolute atomic E-state index is 5.32. The molecule has 1 aromatic carbocycles. The molecule has 1 unspecified atom stereocenters. The molecule has 0 spiro atoms. The maximum atomic E-state index is 5.32. The molecule has 1 aromatic heterocycles. The van der Waals surface area contributed by atoms with Crippen molar-refractivity contribution in [3.05, 3.63) is 46.3 Å². The molecule has 0 aliphatic heterocycles. The van der Waals surface area contributed by atoms with Crippen molar-refractivity contribution in [1.82, 2.24) is 10.5 Å². The third-order valence-corrected chi connectivity index (χ3v) is 4.14. The summed E-state index contributed by atoms with van der Waals surface area (Å²) in [5, 5.41) is 7.62. The van der Waals surface area contributed by atoms with E-state index in [0.29, 0.717) is 6.04 Å². The SMILES string of the molecule is COc1ccc2c(c1)C(NCc1c(C)noc1C)CC2. The van der Waals surface area contributed by atoms with Gasteiger partial charge in [-0.15, -0.1) is 0 Å². The molecule has 4 heteroatoms. The number of hydrogen-bond acceptors (Lipinski definition) is 4. The van der Waals surface area contributed by atoms with Crippen LogP contribution in [0, 0.1) is 13.8 Å². The summed E-state index contributed by atoms with van der Waals surface area (Å²) in [4.78, 5) is 0. The minimum absolute atomic E-state index is 0.383. The van der Waals surface area contributed by atoms with E-state index in [1.165, 1.54) is 16.7 Å². The summed E-state index contributed by atoms with van der Waals surface area (Å²) < 4.78 is 10.5. The van der Waals surface area contributed by atoms with Crippen LogP contribution in [0.25, 0.3) is 0 Å². The molecule has 1 aliphatic carbocycles. The molecule has 2 aromatic rings. The second-order valence-corrected chi connectivity index (χ2v) is 5.34. The minimum atomic E-state index is 0.383. The second-order valence-electron chi connectivity index (χ2n) is 5.34. The Morgan fingerprint density at radius 1 is 1.40 bits per heavy atom. The first-order chi connectivity index (χ1) is 9.69. The Kier molecular flexibility index (Phi) is 3.49. The zero-order valence-corrected chi connectivity index (χ0v) is 12.2. The summed E-state index contributed by atoms with van der Waals surface area (Å²) in [5.41, 5.74) is 4.92. The Morgan fingerprint density at radius 2 is 2.25 bits per heavy atom. The van der Waals surface area contributed by atoms with Crippen LogP contribution in [0.1, 0.15) is 40.6 Å². The van der Waals surface area contributed by atoms with Gasteiger partial charge >= 0.3 is 0 Å². The molecule has 0 amide bonds. The van der Waals surface area contributed by atoms with Crippen LogP contribution in [0.3, 0.4) is 0 Å². The molecule has 1 aliphatic rings. The number of nitrogens with one attached hydrogen (secondary N) is 1. The first-order valence-electron chi connectivity index (χ1n) is 7.01. The van der Waals surface area contributed by atoms with Gasteiger partial charge in [-0.3, -0.25) is 0 Å². The van der Waals surface area contributed by atoms with Gasteiger partial charge in [-0.2, -0.15) is 0 Å². The van der Waals surface area contributed by atoms with Gasteiger partial charge in [0, 0.05) is 18.2 Å². The number of rotatable bonds is 4. The molecule has 20 heavy (non-hydrogen) atoms. The van der Waals surface area contributed by atoms with E-state index >= 15 is 0 Å². The summed E-state index contributed by atoms with van der Waals surface area (Å²) in [5.74, 6) is 1.83. The molecule has 106 valence electrons. The number of methoxy groups -OCH3 is 1. The molecule has 1 N–H and O–H groups in total. The van der Waals surface area contributed by atoms with Crippen molar-refractivity contribution in [1.29, 1.82) is 0 Å². The third-order valence-electron chi connectivity index (χ3n) is 4.14. The van der Waals surface area contributed by atoms with Gasteiger partial charge in [0.05, 0.1) is 12.8 Å². The van der Waals surface area contributed by atoms with Gasteiger partial charge in [0.2, 0.25) is 0 Å². The normalized spacial score (nSPS) is 17.2. The zero-order valence-electron chi connectivity index (χ0n) is 12.2. The first-order valence-corrected chi connectivity index (χ1v) is 7.01. The third kappa shape index (κ3) is 2.31. The summed E-state index contributed by atoms with van der Waals surface area (Å²) >= 11 is 0. The quantitative estimate of drug-likeness (QED) is 0.929. The van der Waals surface area contributed by atoms with Crippen LogP contribution in [0.5, 0.6) is 5.75 Å². The van der Waals surface area contributed by atoms with E-state index in [-0.39, 0.29) is 0 Å². The van der Waals surface area contributed by atoms with Gasteiger partial charge in [0.25, 0.3) is 0 Å². The molecule has 0 bridgehead atoms. The Balaban J connectivity index is 1.75. The van der Waals surface area contributed by atoms with E-state index < -0.39 is 0 Å². The van der Waals surface area contributed by atoms with Crippen LogP contribution in [0.15, 0.2) is 22.7 Å². The minimum Gasteiger partial charge on any atom is -0.497 e. The van der Waals surface area contributed by atoms with Gasteiger partial charge < -0.3 is 14.6 Å². The highest BCUT2D eigenvalue weighted by atomic mass is 16.5.